The Morgan fingerprint density at radius 1 is 1.38 bits per heavy atom. The van der Waals surface area contributed by atoms with Gasteiger partial charge in [-0.3, -0.25) is 4.79 Å². The lowest BCUT2D eigenvalue weighted by molar-refractivity contribution is -0.137. The van der Waals surface area contributed by atoms with Crippen LogP contribution >= 0.6 is 0 Å². The molecule has 2 amide bonds. The first kappa shape index (κ1) is 16.8. The molecule has 0 fully saturated rings. The lowest BCUT2D eigenvalue weighted by Gasteiger charge is -2.22. The highest BCUT2D eigenvalue weighted by molar-refractivity contribution is 5.75. The standard InChI is InChI=1S/C15H22N2O4/c1-4-12(9-14(18)19)16-15(20)17(2)10-11-7-5-6-8-13(11)21-3/h5-8,12H,4,9-10H2,1-3H3,(H,16,20)(H,18,19). The quantitative estimate of drug-likeness (QED) is 0.807. The predicted molar refractivity (Wildman–Crippen MR) is 79.3 cm³/mol. The lowest BCUT2D eigenvalue weighted by atomic mass is 10.1. The van der Waals surface area contributed by atoms with Gasteiger partial charge in [-0.05, 0) is 12.5 Å². The minimum Gasteiger partial charge on any atom is -0.496 e. The van der Waals surface area contributed by atoms with Crippen molar-refractivity contribution >= 4 is 12.0 Å². The molecule has 1 rings (SSSR count). The summed E-state index contributed by atoms with van der Waals surface area (Å²) in [6, 6.07) is 6.80. The molecule has 0 aliphatic heterocycles. The molecule has 1 atom stereocenters. The second-order valence-electron chi connectivity index (χ2n) is 4.82. The van der Waals surface area contributed by atoms with E-state index in [0.717, 1.165) is 11.3 Å². The Labute approximate surface area is 124 Å². The van der Waals surface area contributed by atoms with Gasteiger partial charge < -0.3 is 20.1 Å². The van der Waals surface area contributed by atoms with Crippen molar-refractivity contribution in [2.24, 2.45) is 0 Å². The minimum atomic E-state index is -0.922. The third kappa shape index (κ3) is 5.33. The Balaban J connectivity index is 2.63. The van der Waals surface area contributed by atoms with Gasteiger partial charge in [0.25, 0.3) is 0 Å². The minimum absolute atomic E-state index is 0.0786. The van der Waals surface area contributed by atoms with E-state index in [0.29, 0.717) is 13.0 Å². The van der Waals surface area contributed by atoms with Crippen molar-refractivity contribution in [1.82, 2.24) is 10.2 Å². The van der Waals surface area contributed by atoms with Gasteiger partial charge in [0.1, 0.15) is 5.75 Å². The fourth-order valence-corrected chi connectivity index (χ4v) is 1.95. The van der Waals surface area contributed by atoms with E-state index in [4.69, 9.17) is 9.84 Å². The summed E-state index contributed by atoms with van der Waals surface area (Å²) in [6.07, 6.45) is 0.491. The van der Waals surface area contributed by atoms with Crippen LogP contribution in [-0.2, 0) is 11.3 Å². The van der Waals surface area contributed by atoms with Gasteiger partial charge in [0, 0.05) is 18.7 Å². The maximum absolute atomic E-state index is 12.1. The van der Waals surface area contributed by atoms with E-state index < -0.39 is 5.97 Å². The molecule has 6 nitrogen and oxygen atoms in total. The van der Waals surface area contributed by atoms with Crippen LogP contribution in [0.5, 0.6) is 5.75 Å². The Morgan fingerprint density at radius 2 is 2.05 bits per heavy atom. The highest BCUT2D eigenvalue weighted by Crippen LogP contribution is 2.18. The summed E-state index contributed by atoms with van der Waals surface area (Å²) < 4.78 is 5.24. The molecule has 2 N–H and O–H groups in total. The molecule has 1 unspecified atom stereocenters. The molecular formula is C15H22N2O4. The fourth-order valence-electron chi connectivity index (χ4n) is 1.95. The van der Waals surface area contributed by atoms with Crippen molar-refractivity contribution in [3.63, 3.8) is 0 Å². The van der Waals surface area contributed by atoms with E-state index in [1.54, 1.807) is 14.2 Å². The van der Waals surface area contributed by atoms with Crippen LogP contribution < -0.4 is 10.1 Å². The van der Waals surface area contributed by atoms with E-state index in [-0.39, 0.29) is 18.5 Å². The van der Waals surface area contributed by atoms with Gasteiger partial charge >= 0.3 is 12.0 Å². The molecule has 0 aliphatic carbocycles. The van der Waals surface area contributed by atoms with E-state index in [1.165, 1.54) is 4.90 Å². The van der Waals surface area contributed by atoms with Gasteiger partial charge in [0.15, 0.2) is 0 Å². The van der Waals surface area contributed by atoms with Crippen LogP contribution in [0.15, 0.2) is 24.3 Å². The zero-order valence-corrected chi connectivity index (χ0v) is 12.6. The number of rotatable bonds is 7. The second-order valence-corrected chi connectivity index (χ2v) is 4.82. The molecule has 6 heteroatoms. The lowest BCUT2D eigenvalue weighted by Crippen LogP contribution is -2.43. The van der Waals surface area contributed by atoms with Crippen molar-refractivity contribution < 1.29 is 19.4 Å². The first-order valence-corrected chi connectivity index (χ1v) is 6.83. The molecule has 0 aromatic heterocycles. The summed E-state index contributed by atoms with van der Waals surface area (Å²) >= 11 is 0. The molecule has 116 valence electrons. The molecule has 0 spiro atoms. The zero-order chi connectivity index (χ0) is 15.8. The molecule has 0 radical (unpaired) electrons. The van der Waals surface area contributed by atoms with Crippen LogP contribution in [0.4, 0.5) is 4.79 Å². The Bertz CT molecular complexity index is 490. The first-order chi connectivity index (χ1) is 9.97. The van der Waals surface area contributed by atoms with Crippen molar-refractivity contribution in [3.05, 3.63) is 29.8 Å². The third-order valence-corrected chi connectivity index (χ3v) is 3.19. The van der Waals surface area contributed by atoms with Crippen LogP contribution in [0.25, 0.3) is 0 Å². The maximum atomic E-state index is 12.1. The summed E-state index contributed by atoms with van der Waals surface area (Å²) in [5.41, 5.74) is 0.893. The number of hydrogen-bond donors (Lipinski definition) is 2. The Morgan fingerprint density at radius 3 is 2.62 bits per heavy atom. The molecule has 1 aromatic carbocycles. The number of carbonyl (C=O) groups is 2. The molecule has 0 saturated heterocycles. The molecule has 1 aromatic rings. The van der Waals surface area contributed by atoms with Gasteiger partial charge in [-0.15, -0.1) is 0 Å². The number of hydrogen-bond acceptors (Lipinski definition) is 3. The molecule has 0 bridgehead atoms. The highest BCUT2D eigenvalue weighted by Gasteiger charge is 2.17. The molecule has 0 aliphatic rings. The number of benzene rings is 1. The topological polar surface area (TPSA) is 78.9 Å². The Kier molecular flexibility index (Phi) is 6.52. The summed E-state index contributed by atoms with van der Waals surface area (Å²) in [5.74, 6) is -0.204. The summed E-state index contributed by atoms with van der Waals surface area (Å²) in [6.45, 7) is 2.23. The maximum Gasteiger partial charge on any atom is 0.317 e. The third-order valence-electron chi connectivity index (χ3n) is 3.19. The van der Waals surface area contributed by atoms with Gasteiger partial charge in [0.2, 0.25) is 0 Å². The van der Waals surface area contributed by atoms with Crippen LogP contribution in [0.3, 0.4) is 0 Å². The van der Waals surface area contributed by atoms with Gasteiger partial charge in [-0.25, -0.2) is 4.79 Å². The van der Waals surface area contributed by atoms with Crippen molar-refractivity contribution in [3.8, 4) is 5.75 Å². The van der Waals surface area contributed by atoms with Crippen LogP contribution in [0.2, 0.25) is 0 Å². The second kappa shape index (κ2) is 8.14. The average molecular weight is 294 g/mol. The van der Waals surface area contributed by atoms with Gasteiger partial charge in [0.05, 0.1) is 20.1 Å². The number of nitrogens with zero attached hydrogens (tertiary/aromatic N) is 1. The molecular weight excluding hydrogens is 272 g/mol. The Hall–Kier alpha value is -2.24. The number of ether oxygens (including phenoxy) is 1. The summed E-state index contributed by atoms with van der Waals surface area (Å²) in [4.78, 5) is 24.3. The number of aliphatic carboxylic acids is 1. The normalized spacial score (nSPS) is 11.6. The monoisotopic (exact) mass is 294 g/mol. The average Bonchev–Trinajstić information content (AvgIpc) is 2.46. The number of carboxylic acids is 1. The number of amides is 2. The molecule has 21 heavy (non-hydrogen) atoms. The predicted octanol–water partition coefficient (Wildman–Crippen LogP) is 2.09. The number of carboxylic acid groups (broad SMARTS) is 1. The fraction of sp³-hybridized carbons (Fsp3) is 0.467. The smallest absolute Gasteiger partial charge is 0.317 e. The van der Waals surface area contributed by atoms with Crippen LogP contribution in [0.1, 0.15) is 25.3 Å². The van der Waals surface area contributed by atoms with E-state index >= 15 is 0 Å². The molecule has 0 heterocycles. The highest BCUT2D eigenvalue weighted by atomic mass is 16.5. The number of nitrogens with one attached hydrogen (secondary N) is 1. The van der Waals surface area contributed by atoms with E-state index in [2.05, 4.69) is 5.32 Å². The number of carbonyl (C=O) groups excluding carboxylic acids is 1. The largest absolute Gasteiger partial charge is 0.496 e. The van der Waals surface area contributed by atoms with Crippen molar-refractivity contribution in [2.75, 3.05) is 14.2 Å². The summed E-state index contributed by atoms with van der Waals surface area (Å²) in [7, 11) is 3.24. The SMILES string of the molecule is CCC(CC(=O)O)NC(=O)N(C)Cc1ccccc1OC. The molecule has 0 saturated carbocycles. The van der Waals surface area contributed by atoms with Crippen molar-refractivity contribution in [1.29, 1.82) is 0 Å². The van der Waals surface area contributed by atoms with Gasteiger partial charge in [-0.1, -0.05) is 25.1 Å². The van der Waals surface area contributed by atoms with E-state index in [9.17, 15) is 9.59 Å². The van der Waals surface area contributed by atoms with Crippen LogP contribution in [-0.4, -0.2) is 42.2 Å². The number of methoxy groups -OCH3 is 1. The van der Waals surface area contributed by atoms with Gasteiger partial charge in [-0.2, -0.15) is 0 Å². The summed E-state index contributed by atoms with van der Waals surface area (Å²) in [5, 5.41) is 11.5. The first-order valence-electron chi connectivity index (χ1n) is 6.83. The zero-order valence-electron chi connectivity index (χ0n) is 12.6. The number of para-hydroxylation sites is 1. The van der Waals surface area contributed by atoms with E-state index in [1.807, 2.05) is 31.2 Å². The van der Waals surface area contributed by atoms with Crippen LogP contribution in [0, 0.1) is 0 Å². The van der Waals surface area contributed by atoms with Crippen molar-refractivity contribution in [2.45, 2.75) is 32.4 Å². The number of urea groups is 1.